The Hall–Kier alpha value is -3.35. The molecule has 5 rings (SSSR count). The lowest BCUT2D eigenvalue weighted by atomic mass is 10.1. The first kappa shape index (κ1) is 30.1. The number of anilines is 1. The van der Waals surface area contributed by atoms with Gasteiger partial charge in [0.25, 0.3) is 10.0 Å². The van der Waals surface area contributed by atoms with Gasteiger partial charge in [0, 0.05) is 43.4 Å². The van der Waals surface area contributed by atoms with E-state index in [1.54, 1.807) is 24.4 Å². The molecule has 9 nitrogen and oxygen atoms in total. The van der Waals surface area contributed by atoms with E-state index < -0.39 is 15.8 Å². The van der Waals surface area contributed by atoms with Crippen LogP contribution in [-0.4, -0.2) is 64.9 Å². The van der Waals surface area contributed by atoms with E-state index in [4.69, 9.17) is 42.1 Å². The van der Waals surface area contributed by atoms with Crippen LogP contribution in [-0.2, 0) is 14.8 Å². The van der Waals surface area contributed by atoms with Crippen molar-refractivity contribution in [2.75, 3.05) is 51.3 Å². The fourth-order valence-corrected chi connectivity index (χ4v) is 6.69. The van der Waals surface area contributed by atoms with Gasteiger partial charge in [-0.1, -0.05) is 29.3 Å². The maximum Gasteiger partial charge on any atom is 0.264 e. The molecule has 42 heavy (non-hydrogen) atoms. The van der Waals surface area contributed by atoms with Crippen molar-refractivity contribution in [1.29, 1.82) is 0 Å². The lowest BCUT2D eigenvalue weighted by molar-refractivity contribution is 0.0357. The van der Waals surface area contributed by atoms with E-state index >= 15 is 4.39 Å². The average molecular weight is 637 g/mol. The van der Waals surface area contributed by atoms with Crippen molar-refractivity contribution in [3.63, 3.8) is 0 Å². The molecule has 0 saturated carbocycles. The van der Waals surface area contributed by atoms with E-state index in [0.29, 0.717) is 34.8 Å². The topological polar surface area (TPSA) is 99.2 Å². The maximum absolute atomic E-state index is 15.1. The van der Waals surface area contributed by atoms with Gasteiger partial charge in [0.05, 0.1) is 48.2 Å². The molecule has 0 radical (unpaired) electrons. The van der Waals surface area contributed by atoms with Crippen molar-refractivity contribution >= 4 is 49.8 Å². The monoisotopic (exact) mass is 635 g/mol. The molecule has 1 aromatic heterocycles. The minimum absolute atomic E-state index is 0.0347. The Labute approximate surface area is 253 Å². The molecular formula is C29H28Cl2FN3O6S. The van der Waals surface area contributed by atoms with Crippen LogP contribution in [0.3, 0.4) is 0 Å². The number of rotatable bonds is 11. The molecular weight excluding hydrogens is 608 g/mol. The number of ether oxygens (including phenoxy) is 4. The van der Waals surface area contributed by atoms with Gasteiger partial charge in [-0.3, -0.25) is 14.6 Å². The van der Waals surface area contributed by atoms with Crippen LogP contribution in [0.15, 0.2) is 65.7 Å². The van der Waals surface area contributed by atoms with Gasteiger partial charge in [0.2, 0.25) is 0 Å². The molecule has 0 spiro atoms. The highest BCUT2D eigenvalue weighted by Crippen LogP contribution is 2.38. The number of hydrogen-bond acceptors (Lipinski definition) is 8. The first-order valence-electron chi connectivity index (χ1n) is 13.1. The third-order valence-corrected chi connectivity index (χ3v) is 8.89. The van der Waals surface area contributed by atoms with Gasteiger partial charge in [-0.25, -0.2) is 12.8 Å². The van der Waals surface area contributed by atoms with Crippen molar-refractivity contribution in [2.45, 2.75) is 11.3 Å². The summed E-state index contributed by atoms with van der Waals surface area (Å²) in [6, 6.07) is 13.1. The molecule has 0 atom stereocenters. The Morgan fingerprint density at radius 1 is 1.00 bits per heavy atom. The molecule has 1 saturated heterocycles. The standard InChI is InChI=1S/C29H28Cl2FN3O6S/c1-38-27-17-20-24(18-28(27)40-13-3-10-35-11-14-39-15-12-35)33-9-8-25(20)41-26-7-6-19(16-23(26)32)34-42(36,37)29-21(30)4-2-5-22(29)31/h2,4-9,16-18,34H,3,10-15H2,1H3. The van der Waals surface area contributed by atoms with E-state index in [2.05, 4.69) is 14.6 Å². The van der Waals surface area contributed by atoms with Crippen LogP contribution in [0.1, 0.15) is 6.42 Å². The van der Waals surface area contributed by atoms with Gasteiger partial charge >= 0.3 is 0 Å². The molecule has 4 aromatic rings. The number of morpholine rings is 1. The summed E-state index contributed by atoms with van der Waals surface area (Å²) in [5.41, 5.74) is 0.533. The first-order chi connectivity index (χ1) is 20.2. The average Bonchev–Trinajstić information content (AvgIpc) is 2.96. The zero-order chi connectivity index (χ0) is 29.7. The second kappa shape index (κ2) is 13.3. The van der Waals surface area contributed by atoms with Gasteiger partial charge < -0.3 is 18.9 Å². The molecule has 0 unspecified atom stereocenters. The Morgan fingerprint density at radius 3 is 2.48 bits per heavy atom. The van der Waals surface area contributed by atoms with Gasteiger partial charge in [-0.15, -0.1) is 0 Å². The molecule has 1 fully saturated rings. The Balaban J connectivity index is 1.31. The van der Waals surface area contributed by atoms with Crippen molar-refractivity contribution in [3.05, 3.63) is 76.7 Å². The lowest BCUT2D eigenvalue weighted by Crippen LogP contribution is -2.37. The third kappa shape index (κ3) is 6.99. The highest BCUT2D eigenvalue weighted by Gasteiger charge is 2.22. The summed E-state index contributed by atoms with van der Waals surface area (Å²) >= 11 is 12.1. The van der Waals surface area contributed by atoms with Gasteiger partial charge in [0.1, 0.15) is 10.6 Å². The number of benzene rings is 3. The number of fused-ring (bicyclic) bond motifs is 1. The van der Waals surface area contributed by atoms with Crippen LogP contribution in [0.4, 0.5) is 10.1 Å². The molecule has 1 N–H and O–H groups in total. The summed E-state index contributed by atoms with van der Waals surface area (Å²) in [5.74, 6) is 0.432. The number of aromatic nitrogens is 1. The van der Waals surface area contributed by atoms with E-state index in [9.17, 15) is 8.42 Å². The molecule has 2 heterocycles. The molecule has 0 bridgehead atoms. The number of hydrogen-bond donors (Lipinski definition) is 1. The smallest absolute Gasteiger partial charge is 0.264 e. The molecule has 0 aliphatic carbocycles. The van der Waals surface area contributed by atoms with E-state index in [1.807, 2.05) is 0 Å². The number of sulfonamides is 1. The Bertz CT molecular complexity index is 1670. The highest BCUT2D eigenvalue weighted by molar-refractivity contribution is 7.93. The van der Waals surface area contributed by atoms with Crippen LogP contribution < -0.4 is 18.9 Å². The third-order valence-electron chi connectivity index (χ3n) is 6.56. The predicted octanol–water partition coefficient (Wildman–Crippen LogP) is 6.38. The van der Waals surface area contributed by atoms with Gasteiger partial charge in [-0.2, -0.15) is 0 Å². The minimum atomic E-state index is -4.18. The van der Waals surface area contributed by atoms with Gasteiger partial charge in [0.15, 0.2) is 23.1 Å². The molecule has 0 amide bonds. The van der Waals surface area contributed by atoms with Crippen LogP contribution in [0.25, 0.3) is 10.9 Å². The number of nitrogens with one attached hydrogen (secondary N) is 1. The Kier molecular flexibility index (Phi) is 9.54. The lowest BCUT2D eigenvalue weighted by Gasteiger charge is -2.26. The summed E-state index contributed by atoms with van der Waals surface area (Å²) in [6.45, 7) is 4.75. The number of methoxy groups -OCH3 is 1. The molecule has 3 aromatic carbocycles. The van der Waals surface area contributed by atoms with Crippen molar-refractivity contribution in [2.24, 2.45) is 0 Å². The van der Waals surface area contributed by atoms with E-state index in [-0.39, 0.29) is 26.4 Å². The summed E-state index contributed by atoms with van der Waals surface area (Å²) in [4.78, 5) is 6.45. The van der Waals surface area contributed by atoms with Gasteiger partial charge in [-0.05, 0) is 42.8 Å². The van der Waals surface area contributed by atoms with Crippen LogP contribution >= 0.6 is 23.2 Å². The number of nitrogens with zero attached hydrogens (tertiary/aromatic N) is 2. The Morgan fingerprint density at radius 2 is 1.76 bits per heavy atom. The normalized spacial score (nSPS) is 14.1. The zero-order valence-corrected chi connectivity index (χ0v) is 24.9. The summed E-state index contributed by atoms with van der Waals surface area (Å²) < 4.78 is 65.9. The fraction of sp³-hybridized carbons (Fsp3) is 0.276. The van der Waals surface area contributed by atoms with Crippen molar-refractivity contribution in [3.8, 4) is 23.0 Å². The van der Waals surface area contributed by atoms with Crippen molar-refractivity contribution < 1.29 is 31.8 Å². The van der Waals surface area contributed by atoms with E-state index in [0.717, 1.165) is 45.3 Å². The summed E-state index contributed by atoms with van der Waals surface area (Å²) in [6.07, 6.45) is 2.38. The van der Waals surface area contributed by atoms with Crippen LogP contribution in [0.2, 0.25) is 10.0 Å². The largest absolute Gasteiger partial charge is 0.493 e. The summed E-state index contributed by atoms with van der Waals surface area (Å²) in [7, 11) is -2.65. The SMILES string of the molecule is COc1cc2c(Oc3ccc(NS(=O)(=O)c4c(Cl)cccc4Cl)cc3F)ccnc2cc1OCCCN1CCOCC1. The predicted molar refractivity (Wildman–Crippen MR) is 159 cm³/mol. The van der Waals surface area contributed by atoms with Crippen LogP contribution in [0.5, 0.6) is 23.0 Å². The second-order valence-corrected chi connectivity index (χ2v) is 11.8. The maximum atomic E-state index is 15.1. The van der Waals surface area contributed by atoms with Crippen molar-refractivity contribution in [1.82, 2.24) is 9.88 Å². The molecule has 1 aliphatic rings. The highest BCUT2D eigenvalue weighted by atomic mass is 35.5. The first-order valence-corrected chi connectivity index (χ1v) is 15.3. The zero-order valence-electron chi connectivity index (χ0n) is 22.6. The molecule has 13 heteroatoms. The quantitative estimate of drug-likeness (QED) is 0.189. The fourth-order valence-electron chi connectivity index (χ4n) is 4.50. The molecule has 222 valence electrons. The second-order valence-electron chi connectivity index (χ2n) is 9.39. The number of halogens is 3. The molecule has 1 aliphatic heterocycles. The van der Waals surface area contributed by atoms with Crippen LogP contribution in [0, 0.1) is 5.82 Å². The minimum Gasteiger partial charge on any atom is -0.493 e. The summed E-state index contributed by atoms with van der Waals surface area (Å²) in [5, 5.41) is 0.460. The number of pyridine rings is 1. The van der Waals surface area contributed by atoms with E-state index in [1.165, 1.54) is 37.4 Å².